The predicted octanol–water partition coefficient (Wildman–Crippen LogP) is 12.3. The minimum atomic E-state index is -4.87. The normalized spacial score (nSPS) is 11.0. The molecule has 0 unspecified atom stereocenters. The molecular weight excluding hydrogens is 716 g/mol. The van der Waals surface area contributed by atoms with Gasteiger partial charge in [0.2, 0.25) is 5.78 Å². The van der Waals surface area contributed by atoms with Crippen molar-refractivity contribution in [2.75, 3.05) is 18.5 Å². The second kappa shape index (κ2) is 33.0. The second-order valence-corrected chi connectivity index (χ2v) is 15.4. The number of alkyl halides is 3. The van der Waals surface area contributed by atoms with Crippen LogP contribution < -0.4 is 0 Å². The number of hydrogen-bond acceptors (Lipinski definition) is 4. The summed E-state index contributed by atoms with van der Waals surface area (Å²) in [6.07, 6.45) is 21.0. The molecule has 0 bridgehead atoms. The number of hydrogen-bond donors (Lipinski definition) is 0. The van der Waals surface area contributed by atoms with Crippen molar-refractivity contribution in [3.8, 4) is 0 Å². The number of carbonyl (C=O) groups is 2. The van der Waals surface area contributed by atoms with Gasteiger partial charge >= 0.3 is 6.18 Å². The third-order valence-electron chi connectivity index (χ3n) is 6.91. The van der Waals surface area contributed by atoms with Crippen LogP contribution in [0.25, 0.3) is 0 Å². The van der Waals surface area contributed by atoms with E-state index in [4.69, 9.17) is 0 Å². The minimum absolute atomic E-state index is 0. The molecule has 0 saturated carbocycles. The van der Waals surface area contributed by atoms with Gasteiger partial charge in [-0.3, -0.25) is 9.59 Å². The maximum absolute atomic E-state index is 13.5. The van der Waals surface area contributed by atoms with E-state index in [1.54, 1.807) is 11.3 Å². The minimum Gasteiger partial charge on any atom is -0.324 e. The molecule has 42 heavy (non-hydrogen) atoms. The summed E-state index contributed by atoms with van der Waals surface area (Å²) in [5.74, 6) is -2.76. The molecule has 0 fully saturated rings. The Balaban J connectivity index is -0.000000772. The second-order valence-electron chi connectivity index (χ2n) is 11.1. The predicted molar refractivity (Wildman–Crippen MR) is 173 cm³/mol. The molecule has 1 rings (SSSR count). The fourth-order valence-corrected chi connectivity index (χ4v) is 7.95. The summed E-state index contributed by atoms with van der Waals surface area (Å²) in [6.45, 7) is 7.75. The molecule has 0 saturated heterocycles. The van der Waals surface area contributed by atoms with Crippen LogP contribution in [-0.2, 0) is 14.2 Å². The van der Waals surface area contributed by atoms with Crippen molar-refractivity contribution < 1.29 is 76.7 Å². The topological polar surface area (TPSA) is 51.2 Å². The first kappa shape index (κ1) is 47.1. The Hall–Kier alpha value is 0.644. The van der Waals surface area contributed by atoms with Gasteiger partial charge in [-0.25, -0.2) is 0 Å². The quantitative estimate of drug-likeness (QED) is 0.0632. The van der Waals surface area contributed by atoms with Crippen LogP contribution in [0.4, 0.5) is 13.2 Å². The van der Waals surface area contributed by atoms with Crippen LogP contribution in [0.5, 0.6) is 0 Å². The van der Waals surface area contributed by atoms with E-state index in [1.165, 1.54) is 116 Å². The van der Waals surface area contributed by atoms with E-state index in [9.17, 15) is 27.3 Å². The van der Waals surface area contributed by atoms with Crippen molar-refractivity contribution in [2.45, 2.75) is 156 Å². The van der Waals surface area contributed by atoms with Gasteiger partial charge in [-0.05, 0) is 36.9 Å². The molecule has 0 aliphatic carbocycles. The summed E-state index contributed by atoms with van der Waals surface area (Å²) in [5.41, 5.74) is 0. The largest absolute Gasteiger partial charge is 0.450 e. The molecule has 3 nitrogen and oxygen atoms in total. The molecule has 1 radical (unpaired) electrons. The number of ketones is 2. The molecule has 9 heteroatoms. The van der Waals surface area contributed by atoms with E-state index >= 15 is 0 Å². The van der Waals surface area contributed by atoms with E-state index < -0.39 is 31.3 Å². The van der Waals surface area contributed by atoms with Gasteiger partial charge in [0.05, 0.1) is 13.6 Å². The summed E-state index contributed by atoms with van der Waals surface area (Å²) < 4.78 is 47.4. The molecule has 0 atom stereocenters. The third-order valence-corrected chi connectivity index (χ3v) is 10.9. The van der Waals surface area contributed by atoms with Gasteiger partial charge in [-0.15, -0.1) is 0 Å². The first-order chi connectivity index (χ1) is 19.5. The number of carbonyl (C=O) groups excluding carboxylic acids is 2. The van der Waals surface area contributed by atoms with Gasteiger partial charge in [0.15, 0.2) is 0 Å². The van der Waals surface area contributed by atoms with Crippen molar-refractivity contribution >= 4 is 30.0 Å². The van der Waals surface area contributed by atoms with Crippen LogP contribution in [0.15, 0.2) is 22.9 Å². The molecule has 1 aromatic heterocycles. The monoisotopic (exact) mass is 777 g/mol. The van der Waals surface area contributed by atoms with Crippen molar-refractivity contribution in [2.24, 2.45) is 0 Å². The average molecular weight is 777 g/mol. The zero-order chi connectivity index (χ0) is 31.2. The van der Waals surface area contributed by atoms with Crippen molar-refractivity contribution in [1.82, 2.24) is 0 Å². The van der Waals surface area contributed by atoms with Gasteiger partial charge in [0.1, 0.15) is 5.78 Å². The molecular formula is C33H60EuF3O3PS. The Morgan fingerprint density at radius 1 is 0.619 bits per heavy atom. The number of halogens is 3. The first-order valence-electron chi connectivity index (χ1n) is 16.2. The fourth-order valence-electron chi connectivity index (χ4n) is 4.43. The zero-order valence-corrected chi connectivity index (χ0v) is 31.1. The molecule has 0 amide bonds. The smallest absolute Gasteiger partial charge is 0.324 e. The fraction of sp³-hybridized carbons (Fsp3) is 0.818. The van der Waals surface area contributed by atoms with Crippen LogP contribution >= 0.6 is 18.5 Å². The van der Waals surface area contributed by atoms with Gasteiger partial charge in [-0.1, -0.05) is 129 Å². The van der Waals surface area contributed by atoms with E-state index in [1.807, 2.05) is 22.9 Å². The molecule has 0 aliphatic rings. The van der Waals surface area contributed by atoms with Crippen LogP contribution in [0.3, 0.4) is 0 Å². The Morgan fingerprint density at radius 3 is 1.14 bits per heavy atom. The van der Waals surface area contributed by atoms with Crippen molar-refractivity contribution in [3.63, 3.8) is 0 Å². The first-order valence-corrected chi connectivity index (χ1v) is 19.4. The summed E-state index contributed by atoms with van der Waals surface area (Å²) in [5, 5.41) is 4.08. The van der Waals surface area contributed by atoms with Gasteiger partial charge in [-0.2, -0.15) is 24.5 Å². The SMILES string of the molecule is CC(=O)CC(=O)C(F)(F)F.CCCCCCCCP(=O)(CCCCCCCC)CCCCCCCC.[Eu].c1ccsc1. The van der Waals surface area contributed by atoms with Crippen LogP contribution in [0, 0.1) is 49.4 Å². The summed E-state index contributed by atoms with van der Waals surface area (Å²) in [4.78, 5) is 19.9. The average Bonchev–Trinajstić information content (AvgIpc) is 3.50. The summed E-state index contributed by atoms with van der Waals surface area (Å²) >= 11 is 1.71. The van der Waals surface area contributed by atoms with Gasteiger partial charge in [0, 0.05) is 67.9 Å². The Kier molecular flexibility index (Phi) is 37.0. The number of Topliss-reactive ketones (excluding diaryl/α,β-unsaturated/α-hetero) is 2. The Labute approximate surface area is 301 Å². The molecule has 0 spiro atoms. The van der Waals surface area contributed by atoms with Crippen molar-refractivity contribution in [1.29, 1.82) is 0 Å². The van der Waals surface area contributed by atoms with Crippen LogP contribution in [0.2, 0.25) is 0 Å². The molecule has 1 aromatic rings. The number of rotatable bonds is 23. The van der Waals surface area contributed by atoms with Crippen LogP contribution in [-0.4, -0.2) is 36.2 Å². The summed E-state index contributed by atoms with van der Waals surface area (Å²) in [6, 6.07) is 4.04. The van der Waals surface area contributed by atoms with E-state index in [0.717, 1.165) is 25.4 Å². The number of thiophene rings is 1. The molecule has 0 aromatic carbocycles. The maximum Gasteiger partial charge on any atom is 0.450 e. The van der Waals surface area contributed by atoms with Crippen molar-refractivity contribution in [3.05, 3.63) is 22.9 Å². The molecule has 249 valence electrons. The zero-order valence-electron chi connectivity index (χ0n) is 27.0. The third kappa shape index (κ3) is 35.1. The van der Waals surface area contributed by atoms with Gasteiger partial charge < -0.3 is 4.57 Å². The molecule has 1 heterocycles. The Bertz CT molecular complexity index is 693. The Morgan fingerprint density at radius 2 is 0.929 bits per heavy atom. The molecule has 0 N–H and O–H groups in total. The standard InChI is InChI=1S/C24H51OP.C5H5F3O2.C4H4S.Eu/c1-4-7-10-13-16-19-22-26(25,23-20-17-14-11-8-5-2)24-21-18-15-12-9-6-3;1-3(9)2-4(10)5(6,7)8;1-2-4-5-3-1;/h4-24H2,1-3H3;2H2,1H3;1-4H;. The van der Waals surface area contributed by atoms with E-state index in [2.05, 4.69) is 20.8 Å². The van der Waals surface area contributed by atoms with Gasteiger partial charge in [0.25, 0.3) is 0 Å². The maximum atomic E-state index is 13.5. The summed E-state index contributed by atoms with van der Waals surface area (Å²) in [7, 11) is -1.89. The van der Waals surface area contributed by atoms with Crippen LogP contribution in [0.1, 0.15) is 150 Å². The van der Waals surface area contributed by atoms with E-state index in [-0.39, 0.29) is 49.4 Å². The van der Waals surface area contributed by atoms with E-state index in [0.29, 0.717) is 0 Å². The number of unbranched alkanes of at least 4 members (excludes halogenated alkanes) is 15. The molecule has 0 aliphatic heterocycles.